The van der Waals surface area contributed by atoms with Crippen molar-refractivity contribution in [3.63, 3.8) is 0 Å². The zero-order chi connectivity index (χ0) is 15.3. The van der Waals surface area contributed by atoms with E-state index in [9.17, 15) is 0 Å². The highest BCUT2D eigenvalue weighted by Crippen LogP contribution is 2.36. The maximum absolute atomic E-state index is 6.13. The van der Waals surface area contributed by atoms with E-state index < -0.39 is 0 Å². The van der Waals surface area contributed by atoms with Crippen LogP contribution in [0.2, 0.25) is 0 Å². The van der Waals surface area contributed by atoms with Crippen molar-refractivity contribution in [2.24, 2.45) is 0 Å². The lowest BCUT2D eigenvalue weighted by Gasteiger charge is -2.32. The molecule has 0 unspecified atom stereocenters. The van der Waals surface area contributed by atoms with Crippen LogP contribution in [0.5, 0.6) is 0 Å². The summed E-state index contributed by atoms with van der Waals surface area (Å²) in [6.07, 6.45) is 2.24. The molecule has 1 aromatic carbocycles. The van der Waals surface area contributed by atoms with Crippen molar-refractivity contribution < 1.29 is 9.31 Å². The molecular weight excluding hydrogens is 261 g/mol. The van der Waals surface area contributed by atoms with Crippen molar-refractivity contribution in [3.8, 4) is 0 Å². The minimum atomic E-state index is -0.322. The van der Waals surface area contributed by atoms with Gasteiger partial charge in [-0.15, -0.1) is 0 Å². The van der Waals surface area contributed by atoms with Crippen molar-refractivity contribution in [3.05, 3.63) is 29.8 Å². The average Bonchev–Trinajstić information content (AvgIpc) is 2.90. The van der Waals surface area contributed by atoms with E-state index in [2.05, 4.69) is 63.9 Å². The van der Waals surface area contributed by atoms with E-state index in [1.807, 2.05) is 0 Å². The lowest BCUT2D eigenvalue weighted by atomic mass is 9.85. The smallest absolute Gasteiger partial charge is 0.398 e. The number of aromatic nitrogens is 1. The van der Waals surface area contributed by atoms with E-state index in [0.29, 0.717) is 0 Å². The van der Waals surface area contributed by atoms with Crippen LogP contribution in [0.4, 0.5) is 0 Å². The molecule has 0 bridgehead atoms. The highest BCUT2D eigenvalue weighted by atomic mass is 16.7. The number of H-pyrrole nitrogens is 1. The van der Waals surface area contributed by atoms with Gasteiger partial charge in [0, 0.05) is 16.5 Å². The van der Waals surface area contributed by atoms with E-state index in [0.717, 1.165) is 24.0 Å². The van der Waals surface area contributed by atoms with Gasteiger partial charge in [0.2, 0.25) is 0 Å². The van der Waals surface area contributed by atoms with E-state index in [1.165, 1.54) is 10.9 Å². The molecule has 0 aliphatic carbocycles. The van der Waals surface area contributed by atoms with Gasteiger partial charge in [-0.3, -0.25) is 0 Å². The first-order valence-corrected chi connectivity index (χ1v) is 7.80. The standard InChI is InChI=1S/C17H24BNO2/c1-6-8-12-9-7-10-14-13(12)11-15(19-14)18-20-16(2,3)17(4,5)21-18/h7,9-11,19H,6,8H2,1-5H3. The number of hydrogen-bond donors (Lipinski definition) is 1. The van der Waals surface area contributed by atoms with Crippen LogP contribution in [-0.2, 0) is 15.7 Å². The fourth-order valence-electron chi connectivity index (χ4n) is 2.82. The first kappa shape index (κ1) is 14.7. The van der Waals surface area contributed by atoms with Gasteiger partial charge < -0.3 is 14.3 Å². The van der Waals surface area contributed by atoms with Crippen LogP contribution in [0.25, 0.3) is 10.9 Å². The van der Waals surface area contributed by atoms with Gasteiger partial charge in [-0.2, -0.15) is 0 Å². The number of fused-ring (bicyclic) bond motifs is 1. The molecular formula is C17H24BNO2. The molecule has 112 valence electrons. The van der Waals surface area contributed by atoms with E-state index >= 15 is 0 Å². The van der Waals surface area contributed by atoms with Crippen LogP contribution in [0, 0.1) is 0 Å². The lowest BCUT2D eigenvalue weighted by Crippen LogP contribution is -2.41. The first-order chi connectivity index (χ1) is 9.84. The summed E-state index contributed by atoms with van der Waals surface area (Å²) in [6.45, 7) is 10.5. The molecule has 1 N–H and O–H groups in total. The molecule has 1 saturated heterocycles. The highest BCUT2D eigenvalue weighted by Gasteiger charge is 2.52. The highest BCUT2D eigenvalue weighted by molar-refractivity contribution is 6.61. The Morgan fingerprint density at radius 2 is 1.76 bits per heavy atom. The third kappa shape index (κ3) is 2.41. The second-order valence-corrected chi connectivity index (χ2v) is 6.94. The molecule has 2 aromatic rings. The van der Waals surface area contributed by atoms with E-state index in [1.54, 1.807) is 0 Å². The van der Waals surface area contributed by atoms with Gasteiger partial charge >= 0.3 is 7.12 Å². The Morgan fingerprint density at radius 1 is 1.10 bits per heavy atom. The summed E-state index contributed by atoms with van der Waals surface area (Å²) in [5.74, 6) is 0. The molecule has 1 fully saturated rings. The van der Waals surface area contributed by atoms with E-state index in [-0.39, 0.29) is 18.3 Å². The van der Waals surface area contributed by atoms with Gasteiger partial charge in [0.1, 0.15) is 0 Å². The lowest BCUT2D eigenvalue weighted by molar-refractivity contribution is 0.00578. The maximum Gasteiger partial charge on any atom is 0.512 e. The second kappa shape index (κ2) is 4.89. The normalized spacial score (nSPS) is 20.3. The Kier molecular flexibility index (Phi) is 3.42. The topological polar surface area (TPSA) is 34.2 Å². The zero-order valence-corrected chi connectivity index (χ0v) is 13.6. The second-order valence-electron chi connectivity index (χ2n) is 6.94. The molecule has 0 radical (unpaired) electrons. The summed E-state index contributed by atoms with van der Waals surface area (Å²) in [4.78, 5) is 3.46. The van der Waals surface area contributed by atoms with Crippen LogP contribution in [0.1, 0.15) is 46.6 Å². The van der Waals surface area contributed by atoms with Crippen molar-refractivity contribution >= 4 is 23.6 Å². The predicted molar refractivity (Wildman–Crippen MR) is 88.0 cm³/mol. The zero-order valence-electron chi connectivity index (χ0n) is 13.6. The van der Waals surface area contributed by atoms with Crippen molar-refractivity contribution in [2.45, 2.75) is 58.7 Å². The van der Waals surface area contributed by atoms with Gasteiger partial charge in [-0.05, 0) is 51.8 Å². The molecule has 1 aromatic heterocycles. The Hall–Kier alpha value is -1.26. The van der Waals surface area contributed by atoms with Gasteiger partial charge in [-0.25, -0.2) is 0 Å². The molecule has 3 nitrogen and oxygen atoms in total. The fourth-order valence-corrected chi connectivity index (χ4v) is 2.82. The number of benzene rings is 1. The summed E-state index contributed by atoms with van der Waals surface area (Å²) in [6, 6.07) is 8.61. The van der Waals surface area contributed by atoms with Crippen molar-refractivity contribution in [1.82, 2.24) is 4.98 Å². The van der Waals surface area contributed by atoms with Crippen LogP contribution in [0.15, 0.2) is 24.3 Å². The molecule has 4 heteroatoms. The Morgan fingerprint density at radius 3 is 2.38 bits per heavy atom. The van der Waals surface area contributed by atoms with Gasteiger partial charge in [-0.1, -0.05) is 25.5 Å². The largest absolute Gasteiger partial charge is 0.512 e. The maximum atomic E-state index is 6.13. The summed E-state index contributed by atoms with van der Waals surface area (Å²) in [5.41, 5.74) is 2.94. The molecule has 1 aliphatic heterocycles. The number of aryl methyl sites for hydroxylation is 1. The quantitative estimate of drug-likeness (QED) is 0.877. The molecule has 0 saturated carbocycles. The Labute approximate surface area is 127 Å². The fraction of sp³-hybridized carbons (Fsp3) is 0.529. The van der Waals surface area contributed by atoms with E-state index in [4.69, 9.17) is 9.31 Å². The molecule has 0 spiro atoms. The Bertz CT molecular complexity index is 644. The number of aromatic amines is 1. The monoisotopic (exact) mass is 285 g/mol. The van der Waals surface area contributed by atoms with Crippen LogP contribution < -0.4 is 5.59 Å². The predicted octanol–water partition coefficient (Wildman–Crippen LogP) is 3.42. The SMILES string of the molecule is CCCc1cccc2[nH]c(B3OC(C)(C)C(C)(C)O3)cc12. The van der Waals surface area contributed by atoms with Gasteiger partial charge in [0.15, 0.2) is 0 Å². The molecule has 0 amide bonds. The number of hydrogen-bond acceptors (Lipinski definition) is 2. The Balaban J connectivity index is 1.98. The summed E-state index contributed by atoms with van der Waals surface area (Å²) < 4.78 is 12.3. The number of nitrogens with one attached hydrogen (secondary N) is 1. The molecule has 3 rings (SSSR count). The summed E-state index contributed by atoms with van der Waals surface area (Å²) in [7, 11) is -0.322. The third-order valence-corrected chi connectivity index (χ3v) is 4.80. The van der Waals surface area contributed by atoms with Gasteiger partial charge in [0.05, 0.1) is 11.2 Å². The van der Waals surface area contributed by atoms with Crippen LogP contribution >= 0.6 is 0 Å². The molecule has 1 aliphatic rings. The van der Waals surface area contributed by atoms with Gasteiger partial charge in [0.25, 0.3) is 0 Å². The van der Waals surface area contributed by atoms with Crippen molar-refractivity contribution in [1.29, 1.82) is 0 Å². The summed E-state index contributed by atoms with van der Waals surface area (Å²) >= 11 is 0. The molecule has 0 atom stereocenters. The van der Waals surface area contributed by atoms with Crippen molar-refractivity contribution in [2.75, 3.05) is 0 Å². The minimum absolute atomic E-state index is 0.304. The molecule has 2 heterocycles. The number of rotatable bonds is 3. The molecule has 21 heavy (non-hydrogen) atoms. The first-order valence-electron chi connectivity index (χ1n) is 7.80. The third-order valence-electron chi connectivity index (χ3n) is 4.80. The summed E-state index contributed by atoms with van der Waals surface area (Å²) in [5, 5.41) is 1.28. The van der Waals surface area contributed by atoms with Crippen LogP contribution in [0.3, 0.4) is 0 Å². The average molecular weight is 285 g/mol. The minimum Gasteiger partial charge on any atom is -0.398 e. The van der Waals surface area contributed by atoms with Crippen LogP contribution in [-0.4, -0.2) is 23.3 Å².